The molecule has 0 bridgehead atoms. The fourth-order valence-electron chi connectivity index (χ4n) is 17.3. The molecule has 0 amide bonds. The van der Waals surface area contributed by atoms with Crippen LogP contribution in [0.4, 0.5) is 34.1 Å². The second-order valence-corrected chi connectivity index (χ2v) is 35.0. The molecule has 0 spiro atoms. The smallest absolute Gasteiger partial charge is 0.252 e. The average molecular weight is 1360 g/mol. The van der Waals surface area contributed by atoms with Crippen LogP contribution in [0.25, 0.3) is 99.5 Å². The number of para-hydroxylation sites is 2. The summed E-state index contributed by atoms with van der Waals surface area (Å²) in [5.41, 5.74) is 35.6. The van der Waals surface area contributed by atoms with Gasteiger partial charge in [0.25, 0.3) is 6.71 Å². The molecular formula is C100H95BN4. The lowest BCUT2D eigenvalue weighted by Crippen LogP contribution is -2.62. The molecule has 0 atom stereocenters. The highest BCUT2D eigenvalue weighted by molar-refractivity contribution is 7.00. The first-order valence-electron chi connectivity index (χ1n) is 37.9. The van der Waals surface area contributed by atoms with Crippen LogP contribution >= 0.6 is 0 Å². The van der Waals surface area contributed by atoms with Gasteiger partial charge < -0.3 is 18.9 Å². The molecule has 0 fully saturated rings. The summed E-state index contributed by atoms with van der Waals surface area (Å²) in [6.07, 6.45) is 0. The third kappa shape index (κ3) is 11.0. The Hall–Kier alpha value is -10.9. The lowest BCUT2D eigenvalue weighted by Gasteiger charge is -2.47. The first-order valence-corrected chi connectivity index (χ1v) is 37.9. The number of anilines is 6. The Balaban J connectivity index is 1.06. The Kier molecular flexibility index (Phi) is 15.6. The number of aromatic nitrogens is 2. The van der Waals surface area contributed by atoms with Crippen molar-refractivity contribution < 1.29 is 0 Å². The van der Waals surface area contributed by atoms with Crippen LogP contribution in [0.2, 0.25) is 0 Å². The predicted octanol–water partition coefficient (Wildman–Crippen LogP) is 25.7. The summed E-state index contributed by atoms with van der Waals surface area (Å²) in [5.74, 6) is 0. The molecule has 13 aromatic carbocycles. The zero-order chi connectivity index (χ0) is 73.1. The van der Waals surface area contributed by atoms with E-state index >= 15 is 0 Å². The van der Waals surface area contributed by atoms with Crippen molar-refractivity contribution >= 4 is 101 Å². The maximum atomic E-state index is 2.76. The van der Waals surface area contributed by atoms with Gasteiger partial charge in [0.1, 0.15) is 0 Å². The van der Waals surface area contributed by atoms with E-state index in [1.165, 1.54) is 122 Å². The SMILES string of the molecule is Cc1c(-n2c3ccc(C(C)(C)C)cc3c3cc(C(C)(C)C)ccc32)ccc2c1N(c1c(-c3ccccc3)cccc1-c1ccccc1)c1cc(C(C)(C)C)cc3c1B2c1ccc(-n2c4ccc(C(C)(C)C)cc4c4cc(C(C)(C)C)ccc42)c(C)c1N3c1c(-c2ccccc2)cccc1-c1ccccc1. The van der Waals surface area contributed by atoms with Gasteiger partial charge in [-0.2, -0.15) is 0 Å². The standard InChI is InChI=1S/C100H95BN4/c1-62-83(102-85-50-44-68(96(3,4)5)56-77(85)78-57-69(97(6,7)8)45-51-86(78)102)54-48-81-92(62)104(94-73(64-32-22-18-23-33-64)40-30-41-74(94)65-34-24-19-25-35-65)89-60-72(100(15,16)17)61-90-91(89)101(81)82-49-55-84(103-87-52-46-70(98(9,10)11)58-79(87)80-59-71(99(12,13)14)47-53-88(80)103)63(2)93(82)105(90)95-75(66-36-26-20-27-37-66)42-31-43-76(95)67-38-28-21-29-39-67/h18-61H,1-17H3. The minimum atomic E-state index is -0.323. The van der Waals surface area contributed by atoms with Crippen molar-refractivity contribution in [2.45, 2.75) is 145 Å². The molecule has 5 heteroatoms. The summed E-state index contributed by atoms with van der Waals surface area (Å²) in [4.78, 5) is 5.52. The molecule has 2 aliphatic rings. The van der Waals surface area contributed by atoms with Crippen molar-refractivity contribution in [2.75, 3.05) is 9.80 Å². The number of rotatable bonds is 8. The van der Waals surface area contributed by atoms with E-state index in [-0.39, 0.29) is 33.8 Å². The molecule has 15 aromatic rings. The summed E-state index contributed by atoms with van der Waals surface area (Å²) in [7, 11) is 0. The van der Waals surface area contributed by atoms with Crippen LogP contribution in [0.15, 0.2) is 267 Å². The van der Waals surface area contributed by atoms with Crippen molar-refractivity contribution in [3.63, 3.8) is 0 Å². The Morgan fingerprint density at radius 1 is 0.238 bits per heavy atom. The molecule has 105 heavy (non-hydrogen) atoms. The summed E-state index contributed by atoms with van der Waals surface area (Å²) >= 11 is 0. The summed E-state index contributed by atoms with van der Waals surface area (Å²) in [6, 6.07) is 103. The molecule has 0 radical (unpaired) electrons. The van der Waals surface area contributed by atoms with Gasteiger partial charge in [0.2, 0.25) is 0 Å². The van der Waals surface area contributed by atoms with Crippen LogP contribution in [-0.2, 0) is 27.1 Å². The van der Waals surface area contributed by atoms with Crippen molar-refractivity contribution in [1.82, 2.24) is 9.13 Å². The second kappa shape index (κ2) is 24.4. The highest BCUT2D eigenvalue weighted by atomic mass is 15.2. The van der Waals surface area contributed by atoms with Gasteiger partial charge in [0.05, 0.1) is 44.8 Å². The number of nitrogens with zero attached hydrogens (tertiary/aromatic N) is 4. The fourth-order valence-corrected chi connectivity index (χ4v) is 17.3. The van der Waals surface area contributed by atoms with Gasteiger partial charge in [-0.15, -0.1) is 0 Å². The van der Waals surface area contributed by atoms with Crippen LogP contribution in [0, 0.1) is 13.8 Å². The first kappa shape index (κ1) is 67.3. The molecule has 0 aliphatic carbocycles. The molecule has 2 aliphatic heterocycles. The van der Waals surface area contributed by atoms with Crippen molar-refractivity contribution in [3.05, 3.63) is 306 Å². The average Bonchev–Trinajstić information content (AvgIpc) is 0.861. The van der Waals surface area contributed by atoms with Crippen molar-refractivity contribution in [2.24, 2.45) is 0 Å². The maximum Gasteiger partial charge on any atom is 0.252 e. The normalized spacial score (nSPS) is 13.3. The minimum absolute atomic E-state index is 0.0548. The van der Waals surface area contributed by atoms with Crippen LogP contribution < -0.4 is 26.2 Å². The van der Waals surface area contributed by atoms with Crippen LogP contribution in [-0.4, -0.2) is 15.8 Å². The van der Waals surface area contributed by atoms with E-state index in [4.69, 9.17) is 0 Å². The molecule has 0 saturated heterocycles. The number of fused-ring (bicyclic) bond motifs is 10. The number of benzene rings is 13. The van der Waals surface area contributed by atoms with E-state index in [1.54, 1.807) is 0 Å². The molecule has 2 aromatic heterocycles. The Bertz CT molecular complexity index is 5380. The van der Waals surface area contributed by atoms with E-state index in [1.807, 2.05) is 0 Å². The van der Waals surface area contributed by atoms with E-state index in [0.29, 0.717) is 0 Å². The molecule has 518 valence electrons. The lowest BCUT2D eigenvalue weighted by atomic mass is 9.33. The third-order valence-electron chi connectivity index (χ3n) is 23.0. The number of hydrogen-bond donors (Lipinski definition) is 0. The third-order valence-corrected chi connectivity index (χ3v) is 23.0. The fraction of sp³-hybridized carbons (Fsp3) is 0.220. The van der Waals surface area contributed by atoms with E-state index < -0.39 is 0 Å². The molecule has 4 nitrogen and oxygen atoms in total. The predicted molar refractivity (Wildman–Crippen MR) is 454 cm³/mol. The molecule has 0 unspecified atom stereocenters. The maximum absolute atomic E-state index is 2.76. The van der Waals surface area contributed by atoms with Crippen LogP contribution in [0.3, 0.4) is 0 Å². The van der Waals surface area contributed by atoms with Crippen molar-refractivity contribution in [3.8, 4) is 55.9 Å². The zero-order valence-electron chi connectivity index (χ0n) is 64.3. The highest BCUT2D eigenvalue weighted by Crippen LogP contribution is 2.56. The summed E-state index contributed by atoms with van der Waals surface area (Å²) in [5, 5.41) is 5.09. The van der Waals surface area contributed by atoms with Crippen molar-refractivity contribution in [1.29, 1.82) is 0 Å². The monoisotopic (exact) mass is 1360 g/mol. The van der Waals surface area contributed by atoms with E-state index in [2.05, 4.69) is 404 Å². The Morgan fingerprint density at radius 2 is 0.505 bits per heavy atom. The zero-order valence-corrected chi connectivity index (χ0v) is 64.3. The van der Waals surface area contributed by atoms with E-state index in [0.717, 1.165) is 67.3 Å². The summed E-state index contributed by atoms with van der Waals surface area (Å²) < 4.78 is 5.20. The number of hydrogen-bond acceptors (Lipinski definition) is 2. The van der Waals surface area contributed by atoms with E-state index in [9.17, 15) is 0 Å². The summed E-state index contributed by atoms with van der Waals surface area (Å²) in [6.45, 7) is 39.9. The molecular weight excluding hydrogens is 1270 g/mol. The Labute approximate surface area is 622 Å². The second-order valence-electron chi connectivity index (χ2n) is 35.0. The van der Waals surface area contributed by atoms with Gasteiger partial charge in [0.15, 0.2) is 0 Å². The quantitative estimate of drug-likeness (QED) is 0.141. The first-order chi connectivity index (χ1) is 50.1. The van der Waals surface area contributed by atoms with Gasteiger partial charge in [-0.25, -0.2) is 0 Å². The van der Waals surface area contributed by atoms with Gasteiger partial charge in [-0.05, 0) is 191 Å². The van der Waals surface area contributed by atoms with Gasteiger partial charge >= 0.3 is 0 Å². The van der Waals surface area contributed by atoms with Gasteiger partial charge in [-0.1, -0.05) is 298 Å². The van der Waals surface area contributed by atoms with Gasteiger partial charge in [0, 0.05) is 66.5 Å². The molecule has 0 saturated carbocycles. The van der Waals surface area contributed by atoms with Crippen LogP contribution in [0.1, 0.15) is 143 Å². The topological polar surface area (TPSA) is 16.3 Å². The molecule has 4 heterocycles. The highest BCUT2D eigenvalue weighted by Gasteiger charge is 2.48. The largest absolute Gasteiger partial charge is 0.310 e. The van der Waals surface area contributed by atoms with Crippen LogP contribution in [0.5, 0.6) is 0 Å². The molecule has 0 N–H and O–H groups in total. The van der Waals surface area contributed by atoms with Gasteiger partial charge in [-0.3, -0.25) is 0 Å². The lowest BCUT2D eigenvalue weighted by molar-refractivity contribution is 0.590. The Morgan fingerprint density at radius 3 is 0.762 bits per heavy atom. The minimum Gasteiger partial charge on any atom is -0.310 e. The molecule has 17 rings (SSSR count).